The maximum atomic E-state index is 14.1. The molecule has 3 N–H and O–H groups in total. The number of nitrogens with two attached hydrogens (primary N) is 1. The van der Waals surface area contributed by atoms with E-state index in [1.165, 1.54) is 47.9 Å². The summed E-state index contributed by atoms with van der Waals surface area (Å²) >= 11 is 1.47. The molecule has 0 aliphatic heterocycles. The molecule has 0 radical (unpaired) electrons. The quantitative estimate of drug-likeness (QED) is 0.286. The number of hydrogen-bond acceptors (Lipinski definition) is 10. The van der Waals surface area contributed by atoms with E-state index in [2.05, 4.69) is 15.0 Å². The zero-order valence-electron chi connectivity index (χ0n) is 22.6. The molecule has 3 heterocycles. The van der Waals surface area contributed by atoms with Crippen LogP contribution in [0.2, 0.25) is 0 Å². The minimum absolute atomic E-state index is 0.108. The van der Waals surface area contributed by atoms with Gasteiger partial charge in [-0.25, -0.2) is 28.2 Å². The zero-order chi connectivity index (χ0) is 29.8. The van der Waals surface area contributed by atoms with Crippen molar-refractivity contribution in [2.45, 2.75) is 42.7 Å². The van der Waals surface area contributed by atoms with Gasteiger partial charge in [-0.2, -0.15) is 0 Å². The van der Waals surface area contributed by atoms with Crippen molar-refractivity contribution < 1.29 is 27.9 Å². The molecule has 0 saturated heterocycles. The highest BCUT2D eigenvalue weighted by molar-refractivity contribution is 7.92. The lowest BCUT2D eigenvalue weighted by atomic mass is 10.0. The number of hydrogen-bond donors (Lipinski definition) is 2. The molecule has 4 aromatic rings. The Morgan fingerprint density at radius 2 is 1.73 bits per heavy atom. The number of pyridine rings is 2. The van der Waals surface area contributed by atoms with E-state index >= 15 is 0 Å². The average Bonchev–Trinajstić information content (AvgIpc) is 3.47. The van der Waals surface area contributed by atoms with Gasteiger partial charge in [-0.3, -0.25) is 9.69 Å². The summed E-state index contributed by atoms with van der Waals surface area (Å²) in [5.41, 5.74) is 7.22. The number of anilines is 1. The molecule has 0 aliphatic carbocycles. The maximum Gasteiger partial charge on any atom is 0.416 e. The number of amides is 1. The van der Waals surface area contributed by atoms with Crippen molar-refractivity contribution >= 4 is 39.1 Å². The Morgan fingerprint density at radius 1 is 1.00 bits per heavy atom. The second-order valence-corrected chi connectivity index (χ2v) is 13.2. The molecule has 11 nitrogen and oxygen atoms in total. The average molecular weight is 596 g/mol. The molecule has 1 amide bonds. The van der Waals surface area contributed by atoms with E-state index < -0.39 is 38.9 Å². The first-order chi connectivity index (χ1) is 19.3. The van der Waals surface area contributed by atoms with Gasteiger partial charge in [0.25, 0.3) is 0 Å². The Bertz CT molecular complexity index is 1620. The monoisotopic (exact) mass is 595 g/mol. The highest BCUT2D eigenvalue weighted by Crippen LogP contribution is 2.34. The fraction of sp³-hybridized carbons (Fsp3) is 0.250. The second-order valence-electron chi connectivity index (χ2n) is 10.1. The smallest absolute Gasteiger partial charge is 0.416 e. The molecule has 1 atom stereocenters. The molecule has 214 valence electrons. The van der Waals surface area contributed by atoms with E-state index in [4.69, 9.17) is 10.5 Å². The standard InChI is InChI=1S/C28H29N5O6S2/c1-27(2,3)39-26(36)33(18-24(34)35)22-8-6-7-21(32-22)28(29,41(37,38)23-9-4-5-14-30-23)17-19-10-12-20(13-11-19)25-31-15-16-40-25/h4-16H,17-18,29H2,1-3H3,(H,34,35). The molecule has 13 heteroatoms. The van der Waals surface area contributed by atoms with Crippen molar-refractivity contribution in [3.63, 3.8) is 0 Å². The van der Waals surface area contributed by atoms with Crippen LogP contribution in [0.25, 0.3) is 10.6 Å². The molecular weight excluding hydrogens is 566 g/mol. The molecule has 1 aromatic carbocycles. The van der Waals surface area contributed by atoms with Crippen LogP contribution < -0.4 is 10.6 Å². The topological polar surface area (TPSA) is 166 Å². The van der Waals surface area contributed by atoms with Crippen molar-refractivity contribution in [2.75, 3.05) is 11.4 Å². The summed E-state index contributed by atoms with van der Waals surface area (Å²) < 4.78 is 33.5. The van der Waals surface area contributed by atoms with Crippen LogP contribution in [0, 0.1) is 0 Å². The first-order valence-corrected chi connectivity index (χ1v) is 14.8. The largest absolute Gasteiger partial charge is 0.480 e. The van der Waals surface area contributed by atoms with Gasteiger partial charge in [-0.05, 0) is 50.6 Å². The van der Waals surface area contributed by atoms with E-state index in [0.29, 0.717) is 5.56 Å². The second kappa shape index (κ2) is 11.7. The van der Waals surface area contributed by atoms with Gasteiger partial charge in [0.1, 0.15) is 23.0 Å². The molecule has 0 fully saturated rings. The molecule has 1 unspecified atom stereocenters. The predicted octanol–water partition coefficient (Wildman–Crippen LogP) is 4.25. The molecule has 0 bridgehead atoms. The van der Waals surface area contributed by atoms with Crippen LogP contribution in [0.4, 0.5) is 10.6 Å². The molecule has 3 aromatic heterocycles. The Morgan fingerprint density at radius 3 is 2.32 bits per heavy atom. The Hall–Kier alpha value is -4.20. The lowest BCUT2D eigenvalue weighted by Crippen LogP contribution is -2.48. The number of aliphatic carboxylic acids is 1. The fourth-order valence-corrected chi connectivity index (χ4v) is 6.17. The number of carboxylic acids is 1. The molecule has 4 rings (SSSR count). The van der Waals surface area contributed by atoms with Crippen molar-refractivity contribution in [3.05, 3.63) is 89.7 Å². The van der Waals surface area contributed by atoms with Gasteiger partial charge in [-0.15, -0.1) is 11.3 Å². The number of benzene rings is 1. The van der Waals surface area contributed by atoms with Crippen LogP contribution in [0.5, 0.6) is 0 Å². The van der Waals surface area contributed by atoms with Crippen LogP contribution in [0.3, 0.4) is 0 Å². The number of nitrogens with zero attached hydrogens (tertiary/aromatic N) is 4. The lowest BCUT2D eigenvalue weighted by molar-refractivity contribution is -0.135. The molecule has 0 saturated carbocycles. The number of sulfone groups is 1. The third kappa shape index (κ3) is 6.76. The van der Waals surface area contributed by atoms with Gasteiger partial charge in [0.2, 0.25) is 9.84 Å². The van der Waals surface area contributed by atoms with Gasteiger partial charge >= 0.3 is 12.1 Å². The van der Waals surface area contributed by atoms with Crippen molar-refractivity contribution in [2.24, 2.45) is 5.73 Å². The SMILES string of the molecule is CC(C)(C)OC(=O)N(CC(=O)O)c1cccc(C(N)(Cc2ccc(-c3nccs3)cc2)S(=O)(=O)c2ccccn2)n1. The fourth-order valence-electron chi connectivity index (χ4n) is 3.95. The van der Waals surface area contributed by atoms with Crippen molar-refractivity contribution in [3.8, 4) is 10.6 Å². The molecule has 41 heavy (non-hydrogen) atoms. The normalized spacial score (nSPS) is 13.3. The zero-order valence-corrected chi connectivity index (χ0v) is 24.2. The summed E-state index contributed by atoms with van der Waals surface area (Å²) in [6, 6.07) is 15.9. The van der Waals surface area contributed by atoms with Gasteiger partial charge in [0.15, 0.2) is 9.90 Å². The van der Waals surface area contributed by atoms with Crippen LogP contribution >= 0.6 is 11.3 Å². The molecule has 0 spiro atoms. The van der Waals surface area contributed by atoms with Gasteiger partial charge in [-0.1, -0.05) is 36.4 Å². The minimum Gasteiger partial charge on any atom is -0.480 e. The van der Waals surface area contributed by atoms with E-state index in [0.717, 1.165) is 15.5 Å². The summed E-state index contributed by atoms with van der Waals surface area (Å²) in [5.74, 6) is -1.45. The van der Waals surface area contributed by atoms with Crippen LogP contribution in [-0.2, 0) is 30.7 Å². The van der Waals surface area contributed by atoms with E-state index in [1.807, 2.05) is 17.5 Å². The molecular formula is C28H29N5O6S2. The highest BCUT2D eigenvalue weighted by Gasteiger charge is 2.45. The third-order valence-electron chi connectivity index (χ3n) is 5.84. The summed E-state index contributed by atoms with van der Waals surface area (Å²) in [6.45, 7) is 4.14. The van der Waals surface area contributed by atoms with E-state index in [1.54, 1.807) is 45.2 Å². The third-order valence-corrected chi connectivity index (χ3v) is 8.77. The minimum atomic E-state index is -4.38. The number of thiazole rings is 1. The Kier molecular flexibility index (Phi) is 8.52. The number of ether oxygens (including phenoxy) is 1. The summed E-state index contributed by atoms with van der Waals surface area (Å²) in [4.78, 5) is 36.0. The first-order valence-electron chi connectivity index (χ1n) is 12.4. The van der Waals surface area contributed by atoms with Gasteiger partial charge in [0.05, 0.1) is 5.69 Å². The number of carbonyl (C=O) groups excluding carboxylic acids is 1. The summed E-state index contributed by atoms with van der Waals surface area (Å²) in [6.07, 6.45) is 1.88. The number of aromatic nitrogens is 3. The lowest BCUT2D eigenvalue weighted by Gasteiger charge is -2.30. The molecule has 0 aliphatic rings. The summed E-state index contributed by atoms with van der Waals surface area (Å²) in [5, 5.41) is 11.9. The summed E-state index contributed by atoms with van der Waals surface area (Å²) in [7, 11) is -4.38. The Labute approximate surface area is 241 Å². The van der Waals surface area contributed by atoms with E-state index in [-0.39, 0.29) is 23.0 Å². The number of carbonyl (C=O) groups is 2. The Balaban J connectivity index is 1.81. The van der Waals surface area contributed by atoms with Gasteiger partial charge < -0.3 is 15.6 Å². The van der Waals surface area contributed by atoms with E-state index in [9.17, 15) is 23.1 Å². The maximum absolute atomic E-state index is 14.1. The highest BCUT2D eigenvalue weighted by atomic mass is 32.2. The first kappa shape index (κ1) is 29.8. The van der Waals surface area contributed by atoms with Crippen molar-refractivity contribution in [1.82, 2.24) is 15.0 Å². The number of carboxylic acid groups (broad SMARTS) is 1. The van der Waals surface area contributed by atoms with Crippen LogP contribution in [0.15, 0.2) is 83.5 Å². The van der Waals surface area contributed by atoms with Crippen LogP contribution in [0.1, 0.15) is 32.0 Å². The number of rotatable bonds is 9. The predicted molar refractivity (Wildman–Crippen MR) is 154 cm³/mol. The van der Waals surface area contributed by atoms with Crippen molar-refractivity contribution in [1.29, 1.82) is 0 Å². The van der Waals surface area contributed by atoms with Gasteiger partial charge in [0, 0.05) is 29.8 Å². The van der Waals surface area contributed by atoms with Crippen LogP contribution in [-0.4, -0.2) is 52.7 Å².